The molecule has 0 bridgehead atoms. The maximum atomic E-state index is 12.7. The fourth-order valence-electron chi connectivity index (χ4n) is 3.91. The van der Waals surface area contributed by atoms with Crippen LogP contribution in [0.4, 0.5) is 10.6 Å². The van der Waals surface area contributed by atoms with E-state index in [1.54, 1.807) is 11.9 Å². The van der Waals surface area contributed by atoms with Crippen LogP contribution in [0, 0.1) is 0 Å². The van der Waals surface area contributed by atoms with E-state index in [4.69, 9.17) is 9.97 Å². The van der Waals surface area contributed by atoms with Crippen molar-refractivity contribution in [2.24, 2.45) is 0 Å². The molecule has 1 heterocycles. The van der Waals surface area contributed by atoms with Crippen LogP contribution in [-0.4, -0.2) is 66.1 Å². The molecule has 32 heavy (non-hydrogen) atoms. The van der Waals surface area contributed by atoms with Crippen LogP contribution in [0.2, 0.25) is 0 Å². The Labute approximate surface area is 189 Å². The summed E-state index contributed by atoms with van der Waals surface area (Å²) >= 11 is 0. The molecule has 3 aromatic rings. The normalized spacial score (nSPS) is 17.4. The zero-order valence-electron chi connectivity index (χ0n) is 19.1. The highest BCUT2D eigenvalue weighted by Gasteiger charge is 2.39. The van der Waals surface area contributed by atoms with E-state index >= 15 is 0 Å². The summed E-state index contributed by atoms with van der Waals surface area (Å²) in [6.45, 7) is 2.19. The van der Waals surface area contributed by atoms with E-state index in [0.717, 1.165) is 42.7 Å². The van der Waals surface area contributed by atoms with Crippen LogP contribution in [0.5, 0.6) is 0 Å². The lowest BCUT2D eigenvalue weighted by molar-refractivity contribution is 0.205. The van der Waals surface area contributed by atoms with Crippen molar-refractivity contribution in [1.29, 1.82) is 0 Å². The summed E-state index contributed by atoms with van der Waals surface area (Å²) in [4.78, 5) is 26.0. The maximum Gasteiger partial charge on any atom is 0.317 e. The van der Waals surface area contributed by atoms with Crippen LogP contribution < -0.4 is 10.6 Å². The number of urea groups is 1. The number of hydrogen-bond donors (Lipinski definition) is 2. The van der Waals surface area contributed by atoms with Gasteiger partial charge in [-0.25, -0.2) is 14.8 Å². The molecular weight excluding hydrogens is 400 g/mol. The number of carbonyl (C=O) groups is 1. The van der Waals surface area contributed by atoms with Crippen LogP contribution in [-0.2, 0) is 6.54 Å². The van der Waals surface area contributed by atoms with Crippen LogP contribution in [0.3, 0.4) is 0 Å². The summed E-state index contributed by atoms with van der Waals surface area (Å²) in [5.74, 6) is 1.86. The minimum atomic E-state index is -0.0920. The summed E-state index contributed by atoms with van der Waals surface area (Å²) < 4.78 is 0. The molecule has 2 N–H and O–H groups in total. The molecule has 0 saturated heterocycles. The second-order valence-corrected chi connectivity index (χ2v) is 8.75. The predicted molar refractivity (Wildman–Crippen MR) is 129 cm³/mol. The standard InChI is InChI=1S/C25H32N6O/c1-30(2)15-9-14-26-24-19-12-7-8-13-21(19)27-23(29-24)17-31(3)25(32)28-22-16-20(22)18-10-5-4-6-11-18/h4-8,10-13,20,22H,9,14-17H2,1-3H3,(H,28,32)(H,26,27,29). The second kappa shape index (κ2) is 9.96. The Hall–Kier alpha value is -3.19. The monoisotopic (exact) mass is 432 g/mol. The highest BCUT2D eigenvalue weighted by atomic mass is 16.2. The van der Waals surface area contributed by atoms with Crippen molar-refractivity contribution in [3.63, 3.8) is 0 Å². The lowest BCUT2D eigenvalue weighted by atomic mass is 10.1. The van der Waals surface area contributed by atoms with Gasteiger partial charge in [0.05, 0.1) is 12.1 Å². The first-order valence-corrected chi connectivity index (χ1v) is 11.2. The lowest BCUT2D eigenvalue weighted by Crippen LogP contribution is -2.38. The molecule has 7 nitrogen and oxygen atoms in total. The largest absolute Gasteiger partial charge is 0.369 e. The zero-order valence-corrected chi connectivity index (χ0v) is 19.1. The molecule has 1 aromatic heterocycles. The third-order valence-corrected chi connectivity index (χ3v) is 5.78. The highest BCUT2D eigenvalue weighted by molar-refractivity contribution is 5.89. The van der Waals surface area contributed by atoms with E-state index in [-0.39, 0.29) is 12.1 Å². The van der Waals surface area contributed by atoms with Crippen LogP contribution in [0.15, 0.2) is 54.6 Å². The molecule has 0 radical (unpaired) electrons. The molecule has 4 rings (SSSR count). The number of anilines is 1. The van der Waals surface area contributed by atoms with Crippen molar-refractivity contribution >= 4 is 22.8 Å². The number of amides is 2. The molecule has 7 heteroatoms. The van der Waals surface area contributed by atoms with Crippen molar-refractivity contribution in [3.8, 4) is 0 Å². The average molecular weight is 433 g/mol. The van der Waals surface area contributed by atoms with Crippen molar-refractivity contribution < 1.29 is 4.79 Å². The average Bonchev–Trinajstić information content (AvgIpc) is 3.56. The minimum Gasteiger partial charge on any atom is -0.369 e. The first-order valence-electron chi connectivity index (χ1n) is 11.2. The van der Waals surface area contributed by atoms with Gasteiger partial charge in [0.2, 0.25) is 0 Å². The number of benzene rings is 2. The third-order valence-electron chi connectivity index (χ3n) is 5.78. The summed E-state index contributed by atoms with van der Waals surface area (Å²) in [5, 5.41) is 7.59. The van der Waals surface area contributed by atoms with Gasteiger partial charge in [-0.05, 0) is 51.2 Å². The minimum absolute atomic E-state index is 0.0920. The van der Waals surface area contributed by atoms with Gasteiger partial charge in [0.1, 0.15) is 5.82 Å². The number of nitrogens with one attached hydrogen (secondary N) is 2. The van der Waals surface area contributed by atoms with E-state index in [0.29, 0.717) is 18.3 Å². The Morgan fingerprint density at radius 1 is 1.03 bits per heavy atom. The van der Waals surface area contributed by atoms with Crippen LogP contribution in [0.1, 0.15) is 30.1 Å². The third kappa shape index (κ3) is 5.53. The van der Waals surface area contributed by atoms with Gasteiger partial charge in [0, 0.05) is 30.9 Å². The van der Waals surface area contributed by atoms with E-state index in [1.165, 1.54) is 5.56 Å². The molecule has 0 spiro atoms. The highest BCUT2D eigenvalue weighted by Crippen LogP contribution is 2.40. The molecule has 1 aliphatic carbocycles. The van der Waals surface area contributed by atoms with Gasteiger partial charge >= 0.3 is 6.03 Å². The summed E-state index contributed by atoms with van der Waals surface area (Å²) in [6, 6.07) is 18.4. The van der Waals surface area contributed by atoms with Gasteiger partial charge in [-0.15, -0.1) is 0 Å². The van der Waals surface area contributed by atoms with Crippen molar-refractivity contribution in [2.45, 2.75) is 31.3 Å². The van der Waals surface area contributed by atoms with E-state index in [1.807, 2.05) is 42.5 Å². The van der Waals surface area contributed by atoms with Gasteiger partial charge in [-0.1, -0.05) is 42.5 Å². The van der Waals surface area contributed by atoms with E-state index in [9.17, 15) is 4.79 Å². The quantitative estimate of drug-likeness (QED) is 0.505. The molecule has 2 atom stereocenters. The lowest BCUT2D eigenvalue weighted by Gasteiger charge is -2.18. The Morgan fingerprint density at radius 2 is 1.78 bits per heavy atom. The SMILES string of the molecule is CN(C)CCCNc1nc(CN(C)C(=O)NC2CC2c2ccccc2)nc2ccccc12. The molecule has 2 amide bonds. The number of carbonyl (C=O) groups excluding carboxylic acids is 1. The van der Waals surface area contributed by atoms with Gasteiger partial charge in [-0.2, -0.15) is 0 Å². The number of rotatable bonds is 9. The molecule has 2 unspecified atom stereocenters. The number of hydrogen-bond acceptors (Lipinski definition) is 5. The van der Waals surface area contributed by atoms with Gasteiger partial charge < -0.3 is 20.4 Å². The van der Waals surface area contributed by atoms with E-state index < -0.39 is 0 Å². The fourth-order valence-corrected chi connectivity index (χ4v) is 3.91. The molecule has 168 valence electrons. The van der Waals surface area contributed by atoms with Crippen LogP contribution in [0.25, 0.3) is 10.9 Å². The van der Waals surface area contributed by atoms with Crippen LogP contribution >= 0.6 is 0 Å². The Balaban J connectivity index is 1.39. The first kappa shape index (κ1) is 22.0. The summed E-state index contributed by atoms with van der Waals surface area (Å²) in [6.07, 6.45) is 2.00. The van der Waals surface area contributed by atoms with Crippen molar-refractivity contribution in [2.75, 3.05) is 39.5 Å². The molecule has 2 aromatic carbocycles. The second-order valence-electron chi connectivity index (χ2n) is 8.75. The molecule has 1 fully saturated rings. The number of fused-ring (bicyclic) bond motifs is 1. The van der Waals surface area contributed by atoms with Crippen molar-refractivity contribution in [1.82, 2.24) is 25.1 Å². The fraction of sp³-hybridized carbons (Fsp3) is 0.400. The Morgan fingerprint density at radius 3 is 2.56 bits per heavy atom. The molecule has 0 aliphatic heterocycles. The number of nitrogens with zero attached hydrogens (tertiary/aromatic N) is 4. The molecular formula is C25H32N6O. The summed E-state index contributed by atoms with van der Waals surface area (Å²) in [5.41, 5.74) is 2.16. The maximum absolute atomic E-state index is 12.7. The Kier molecular flexibility index (Phi) is 6.85. The summed E-state index contributed by atoms with van der Waals surface area (Å²) in [7, 11) is 5.93. The molecule has 1 saturated carbocycles. The van der Waals surface area contributed by atoms with Gasteiger partial charge in [-0.3, -0.25) is 0 Å². The predicted octanol–water partition coefficient (Wildman–Crippen LogP) is 3.69. The van der Waals surface area contributed by atoms with Crippen molar-refractivity contribution in [3.05, 3.63) is 66.0 Å². The zero-order chi connectivity index (χ0) is 22.5. The number of para-hydroxylation sites is 1. The van der Waals surface area contributed by atoms with Gasteiger partial charge in [0.25, 0.3) is 0 Å². The first-order chi connectivity index (χ1) is 15.5. The topological polar surface area (TPSA) is 73.4 Å². The Bertz CT molecular complexity index is 1050. The number of aromatic nitrogens is 2. The van der Waals surface area contributed by atoms with Gasteiger partial charge in [0.15, 0.2) is 5.82 Å². The smallest absolute Gasteiger partial charge is 0.317 e. The molecule has 1 aliphatic rings. The van der Waals surface area contributed by atoms with E-state index in [2.05, 4.69) is 41.8 Å².